The van der Waals surface area contributed by atoms with Crippen molar-refractivity contribution in [1.29, 1.82) is 0 Å². The monoisotopic (exact) mass is 1130 g/mol. The van der Waals surface area contributed by atoms with Crippen LogP contribution in [0.25, 0.3) is 0 Å². The third-order valence-corrected chi connectivity index (χ3v) is 15.0. The highest BCUT2D eigenvalue weighted by molar-refractivity contribution is 8.76. The van der Waals surface area contributed by atoms with E-state index in [0.29, 0.717) is 134 Å². The fourth-order valence-corrected chi connectivity index (χ4v) is 9.74. The van der Waals surface area contributed by atoms with Crippen LogP contribution in [0, 0.1) is 0 Å². The Kier molecular flexibility index (Phi) is 52.5. The molecule has 0 bridgehead atoms. The molecule has 0 heterocycles. The van der Waals surface area contributed by atoms with Crippen LogP contribution in [-0.4, -0.2) is 162 Å². The first-order valence-electron chi connectivity index (χ1n) is 28.5. The van der Waals surface area contributed by atoms with Gasteiger partial charge in [0.2, 0.25) is 0 Å². The summed E-state index contributed by atoms with van der Waals surface area (Å²) >= 11 is 0. The van der Waals surface area contributed by atoms with Gasteiger partial charge in [-0.2, -0.15) is 4.20 Å². The fourth-order valence-electron chi connectivity index (χ4n) is 7.22. The summed E-state index contributed by atoms with van der Waals surface area (Å²) in [4.78, 5) is 25.2. The second kappa shape index (κ2) is 55.4. The van der Waals surface area contributed by atoms with E-state index in [4.69, 9.17) is 52.1 Å². The molecule has 1 N–H and O–H groups in total. The molecule has 0 aliphatic heterocycles. The van der Waals surface area contributed by atoms with Crippen molar-refractivity contribution in [1.82, 2.24) is 5.32 Å². The first kappa shape index (κ1) is 71.1. The number of ether oxygens (including phenoxy) is 11. The van der Waals surface area contributed by atoms with Crippen molar-refractivity contribution in [2.45, 2.75) is 156 Å². The SMILES string of the molecule is CCCCCCCCCCCCOc1cc(OCCCCCCCCCCCC)cc(C(=O)OCCSSCCOC(=O)NCCCOCCOCCOCCOCCOCCOCCOCCP(=O)(F)OCC)c1. The van der Waals surface area contributed by atoms with E-state index in [0.717, 1.165) is 25.7 Å². The minimum Gasteiger partial charge on any atom is -0.493 e. The Hall–Kier alpha value is -1.90. The number of carbonyl (C=O) groups excluding carboxylic acids is 2. The van der Waals surface area contributed by atoms with Gasteiger partial charge in [0.25, 0.3) is 0 Å². The molecule has 0 saturated heterocycles. The molecule has 1 amide bonds. The Morgan fingerprint density at radius 1 is 0.453 bits per heavy atom. The molecule has 75 heavy (non-hydrogen) atoms. The Bertz CT molecular complexity index is 1430. The van der Waals surface area contributed by atoms with Crippen molar-refractivity contribution in [2.24, 2.45) is 0 Å². The Morgan fingerprint density at radius 3 is 1.24 bits per heavy atom. The third kappa shape index (κ3) is 50.1. The summed E-state index contributed by atoms with van der Waals surface area (Å²) in [5.74, 6) is 2.07. The maximum absolute atomic E-state index is 13.4. The number of rotatable bonds is 59. The zero-order valence-corrected chi connectivity index (χ0v) is 49.1. The van der Waals surface area contributed by atoms with Gasteiger partial charge in [-0.1, -0.05) is 151 Å². The number of alkyl carbamates (subject to hydrolysis) is 1. The number of halogens is 1. The van der Waals surface area contributed by atoms with Crippen molar-refractivity contribution in [3.05, 3.63) is 23.8 Å². The molecule has 0 spiro atoms. The Balaban J connectivity index is 2.06. The van der Waals surface area contributed by atoms with Gasteiger partial charge in [-0.25, -0.2) is 9.59 Å². The van der Waals surface area contributed by atoms with Gasteiger partial charge in [-0.3, -0.25) is 4.57 Å². The van der Waals surface area contributed by atoms with E-state index >= 15 is 0 Å². The summed E-state index contributed by atoms with van der Waals surface area (Å²) in [5, 5.41) is 2.74. The van der Waals surface area contributed by atoms with Crippen molar-refractivity contribution >= 4 is 41.3 Å². The smallest absolute Gasteiger partial charge is 0.407 e. The average molecular weight is 1130 g/mol. The minimum atomic E-state index is -4.05. The van der Waals surface area contributed by atoms with Crippen molar-refractivity contribution in [3.8, 4) is 11.5 Å². The summed E-state index contributed by atoms with van der Waals surface area (Å²) in [6.07, 6.45) is 25.1. The van der Waals surface area contributed by atoms with Crippen LogP contribution in [0.1, 0.15) is 166 Å². The first-order valence-corrected chi connectivity index (χ1v) is 32.7. The summed E-state index contributed by atoms with van der Waals surface area (Å²) < 4.78 is 90.5. The number of esters is 1. The fraction of sp³-hybridized carbons (Fsp3) is 0.855. The lowest BCUT2D eigenvalue weighted by atomic mass is 10.1. The van der Waals surface area contributed by atoms with Crippen LogP contribution in [0.2, 0.25) is 0 Å². The van der Waals surface area contributed by atoms with Gasteiger partial charge in [0.1, 0.15) is 24.7 Å². The molecular weight excluding hydrogens is 1030 g/mol. The van der Waals surface area contributed by atoms with Crippen LogP contribution in [0.4, 0.5) is 8.99 Å². The number of benzene rings is 1. The van der Waals surface area contributed by atoms with E-state index in [2.05, 4.69) is 23.7 Å². The first-order chi connectivity index (χ1) is 36.8. The molecule has 1 aromatic rings. The van der Waals surface area contributed by atoms with Crippen LogP contribution in [-0.2, 0) is 51.7 Å². The highest BCUT2D eigenvalue weighted by Gasteiger charge is 2.20. The van der Waals surface area contributed by atoms with Gasteiger partial charge >= 0.3 is 19.7 Å². The van der Waals surface area contributed by atoms with Crippen molar-refractivity contribution < 1.29 is 75.0 Å². The van der Waals surface area contributed by atoms with Crippen molar-refractivity contribution in [3.63, 3.8) is 0 Å². The molecule has 1 rings (SSSR count). The lowest BCUT2D eigenvalue weighted by Gasteiger charge is -2.13. The molecule has 0 aliphatic rings. The molecule has 440 valence electrons. The van der Waals surface area contributed by atoms with Gasteiger partial charge < -0.3 is 61.9 Å². The van der Waals surface area contributed by atoms with Gasteiger partial charge in [-0.15, -0.1) is 0 Å². The number of amides is 1. The summed E-state index contributed by atoms with van der Waals surface area (Å²) in [7, 11) is -0.927. The van der Waals surface area contributed by atoms with Crippen LogP contribution >= 0.6 is 29.3 Å². The lowest BCUT2D eigenvalue weighted by molar-refractivity contribution is -0.0201. The van der Waals surface area contributed by atoms with Gasteiger partial charge in [0, 0.05) is 30.7 Å². The number of nitrogens with one attached hydrogen (secondary N) is 1. The Labute approximate surface area is 460 Å². The van der Waals surface area contributed by atoms with Crippen LogP contribution in [0.15, 0.2) is 18.2 Å². The molecule has 0 saturated carbocycles. The highest BCUT2D eigenvalue weighted by atomic mass is 33.1. The predicted octanol–water partition coefficient (Wildman–Crippen LogP) is 13.3. The molecular formula is C55H101FNO15PS2. The van der Waals surface area contributed by atoms with E-state index in [1.165, 1.54) is 103 Å². The van der Waals surface area contributed by atoms with E-state index in [-0.39, 0.29) is 39.2 Å². The molecule has 1 unspecified atom stereocenters. The van der Waals surface area contributed by atoms with E-state index in [1.54, 1.807) is 40.6 Å². The van der Waals surface area contributed by atoms with E-state index < -0.39 is 19.7 Å². The van der Waals surface area contributed by atoms with Gasteiger partial charge in [-0.05, 0) is 38.3 Å². The zero-order valence-electron chi connectivity index (χ0n) is 46.6. The highest BCUT2D eigenvalue weighted by Crippen LogP contribution is 2.47. The quantitative estimate of drug-likeness (QED) is 0.0282. The van der Waals surface area contributed by atoms with Gasteiger partial charge in [0.05, 0.1) is 117 Å². The van der Waals surface area contributed by atoms with Gasteiger partial charge in [0.15, 0.2) is 0 Å². The second-order valence-electron chi connectivity index (χ2n) is 18.0. The third-order valence-electron chi connectivity index (χ3n) is 11.3. The molecule has 1 atom stereocenters. The standard InChI is InChI=1S/C55H101FNO15PS2/c1-4-7-9-11-13-15-17-19-21-23-28-68-52-48-51(49-53(50-52)69-29-24-22-20-18-16-14-12-10-8-5-2)54(58)70-43-46-74-75-47-44-71-55(59)57-26-25-27-61-30-31-62-32-33-63-34-35-64-36-37-65-38-39-66-40-41-67-42-45-73(56,60)72-6-3/h48-50H,4-47H2,1-3H3,(H,57,59). The largest absolute Gasteiger partial charge is 0.493 e. The number of carbonyl (C=O) groups is 2. The molecule has 0 fully saturated rings. The Morgan fingerprint density at radius 2 is 0.827 bits per heavy atom. The normalized spacial score (nSPS) is 12.2. The summed E-state index contributed by atoms with van der Waals surface area (Å²) in [6.45, 7) is 13.8. The molecule has 16 nitrogen and oxygen atoms in total. The molecule has 1 aromatic carbocycles. The van der Waals surface area contributed by atoms with Crippen molar-refractivity contribution in [2.75, 3.05) is 150 Å². The van der Waals surface area contributed by atoms with E-state index in [1.807, 2.05) is 6.07 Å². The topological polar surface area (TPSA) is 174 Å². The van der Waals surface area contributed by atoms with Crippen LogP contribution in [0.5, 0.6) is 11.5 Å². The number of hydrogen-bond donors (Lipinski definition) is 1. The summed E-state index contributed by atoms with van der Waals surface area (Å²) in [6, 6.07) is 5.41. The molecule has 0 aliphatic carbocycles. The summed E-state index contributed by atoms with van der Waals surface area (Å²) in [5.41, 5.74) is 0.429. The second-order valence-corrected chi connectivity index (χ2v) is 22.6. The maximum Gasteiger partial charge on any atom is 0.407 e. The van der Waals surface area contributed by atoms with Crippen LogP contribution in [0.3, 0.4) is 0 Å². The average Bonchev–Trinajstić information content (AvgIpc) is 3.40. The molecule has 0 radical (unpaired) electrons. The molecule has 0 aromatic heterocycles. The number of unbranched alkanes of at least 4 members (excludes halogenated alkanes) is 18. The predicted molar refractivity (Wildman–Crippen MR) is 301 cm³/mol. The molecule has 20 heteroatoms. The number of hydrogen-bond acceptors (Lipinski definition) is 17. The maximum atomic E-state index is 13.4. The lowest BCUT2D eigenvalue weighted by Crippen LogP contribution is -2.26. The zero-order chi connectivity index (χ0) is 54.2. The minimum absolute atomic E-state index is 0.0134. The van der Waals surface area contributed by atoms with E-state index in [9.17, 15) is 18.4 Å². The van der Waals surface area contributed by atoms with Crippen LogP contribution < -0.4 is 14.8 Å².